The maximum absolute atomic E-state index is 5.76. The second-order valence-corrected chi connectivity index (χ2v) is 4.00. The molecule has 0 fully saturated rings. The predicted molar refractivity (Wildman–Crippen MR) is 57.8 cm³/mol. The summed E-state index contributed by atoms with van der Waals surface area (Å²) < 4.78 is 0. The number of rotatable bonds is 3. The van der Waals surface area contributed by atoms with Crippen LogP contribution in [0.4, 0.5) is 0 Å². The highest BCUT2D eigenvalue weighted by atomic mass is 14.6. The lowest BCUT2D eigenvalue weighted by Crippen LogP contribution is -2.17. The Bertz CT molecular complexity index is 266. The molecule has 1 rings (SSSR count). The Balaban J connectivity index is 2.91. The Morgan fingerprint density at radius 2 is 2.00 bits per heavy atom. The first-order valence-electron chi connectivity index (χ1n) is 4.91. The standard InChI is InChI=1S/C12H19N/c1-9(2)12(8-13)11-6-4-5-10(3)7-11/h4-7,9,12H,8,13H2,1-3H3. The summed E-state index contributed by atoms with van der Waals surface area (Å²) in [4.78, 5) is 0. The zero-order chi connectivity index (χ0) is 9.84. The van der Waals surface area contributed by atoms with Crippen LogP contribution in [0, 0.1) is 12.8 Å². The van der Waals surface area contributed by atoms with Gasteiger partial charge in [-0.05, 0) is 30.9 Å². The smallest absolute Gasteiger partial charge is 0.000577 e. The molecule has 0 bridgehead atoms. The highest BCUT2D eigenvalue weighted by molar-refractivity contribution is 5.26. The molecule has 0 aliphatic heterocycles. The van der Waals surface area contributed by atoms with Gasteiger partial charge in [-0.15, -0.1) is 0 Å². The molecular weight excluding hydrogens is 158 g/mol. The van der Waals surface area contributed by atoms with Gasteiger partial charge < -0.3 is 5.73 Å². The van der Waals surface area contributed by atoms with Gasteiger partial charge in [-0.2, -0.15) is 0 Å². The molecule has 0 radical (unpaired) electrons. The molecule has 0 saturated heterocycles. The minimum Gasteiger partial charge on any atom is -0.330 e. The summed E-state index contributed by atoms with van der Waals surface area (Å²) >= 11 is 0. The van der Waals surface area contributed by atoms with E-state index < -0.39 is 0 Å². The number of aryl methyl sites for hydroxylation is 1. The van der Waals surface area contributed by atoms with Crippen molar-refractivity contribution >= 4 is 0 Å². The van der Waals surface area contributed by atoms with Gasteiger partial charge in [-0.25, -0.2) is 0 Å². The van der Waals surface area contributed by atoms with Crippen molar-refractivity contribution in [3.63, 3.8) is 0 Å². The lowest BCUT2D eigenvalue weighted by atomic mass is 9.88. The highest BCUT2D eigenvalue weighted by Crippen LogP contribution is 2.23. The quantitative estimate of drug-likeness (QED) is 0.754. The van der Waals surface area contributed by atoms with Crippen LogP contribution in [0.1, 0.15) is 30.9 Å². The predicted octanol–water partition coefficient (Wildman–Crippen LogP) is 2.69. The van der Waals surface area contributed by atoms with E-state index in [1.165, 1.54) is 11.1 Å². The third kappa shape index (κ3) is 2.56. The van der Waals surface area contributed by atoms with E-state index in [2.05, 4.69) is 45.0 Å². The SMILES string of the molecule is Cc1cccc(C(CN)C(C)C)c1. The van der Waals surface area contributed by atoms with Crippen molar-refractivity contribution in [1.82, 2.24) is 0 Å². The molecule has 0 aliphatic carbocycles. The fourth-order valence-corrected chi connectivity index (χ4v) is 1.69. The van der Waals surface area contributed by atoms with Crippen molar-refractivity contribution in [2.45, 2.75) is 26.7 Å². The van der Waals surface area contributed by atoms with Crippen molar-refractivity contribution < 1.29 is 0 Å². The van der Waals surface area contributed by atoms with Crippen molar-refractivity contribution in [2.24, 2.45) is 11.7 Å². The van der Waals surface area contributed by atoms with Gasteiger partial charge in [0.25, 0.3) is 0 Å². The summed E-state index contributed by atoms with van der Waals surface area (Å²) in [6, 6.07) is 8.63. The molecule has 0 spiro atoms. The lowest BCUT2D eigenvalue weighted by molar-refractivity contribution is 0.506. The Morgan fingerprint density at radius 1 is 1.31 bits per heavy atom. The molecule has 0 amide bonds. The van der Waals surface area contributed by atoms with Gasteiger partial charge in [0.05, 0.1) is 0 Å². The molecular formula is C12H19N. The summed E-state index contributed by atoms with van der Waals surface area (Å²) in [6.07, 6.45) is 0. The monoisotopic (exact) mass is 177 g/mol. The molecule has 1 atom stereocenters. The maximum atomic E-state index is 5.76. The van der Waals surface area contributed by atoms with Crippen LogP contribution >= 0.6 is 0 Å². The molecule has 0 aliphatic rings. The molecule has 1 heteroatoms. The third-order valence-corrected chi connectivity index (χ3v) is 2.53. The van der Waals surface area contributed by atoms with Crippen molar-refractivity contribution in [1.29, 1.82) is 0 Å². The zero-order valence-corrected chi connectivity index (χ0v) is 8.75. The molecule has 2 N–H and O–H groups in total. The van der Waals surface area contributed by atoms with E-state index in [1.54, 1.807) is 0 Å². The van der Waals surface area contributed by atoms with Crippen LogP contribution in [0.3, 0.4) is 0 Å². The molecule has 1 nitrogen and oxygen atoms in total. The number of nitrogens with two attached hydrogens (primary N) is 1. The Hall–Kier alpha value is -0.820. The average molecular weight is 177 g/mol. The molecule has 72 valence electrons. The van der Waals surface area contributed by atoms with Crippen LogP contribution in [0.15, 0.2) is 24.3 Å². The molecule has 0 aromatic heterocycles. The van der Waals surface area contributed by atoms with Crippen LogP contribution < -0.4 is 5.73 Å². The van der Waals surface area contributed by atoms with E-state index in [9.17, 15) is 0 Å². The number of hydrogen-bond donors (Lipinski definition) is 1. The zero-order valence-electron chi connectivity index (χ0n) is 8.75. The van der Waals surface area contributed by atoms with Crippen molar-refractivity contribution in [2.75, 3.05) is 6.54 Å². The van der Waals surface area contributed by atoms with Gasteiger partial charge in [-0.1, -0.05) is 43.7 Å². The first kappa shape index (κ1) is 10.3. The van der Waals surface area contributed by atoms with Crippen LogP contribution in [0.2, 0.25) is 0 Å². The Labute approximate surface area is 81.0 Å². The van der Waals surface area contributed by atoms with Crippen molar-refractivity contribution in [3.05, 3.63) is 35.4 Å². The first-order chi connectivity index (χ1) is 6.15. The second-order valence-electron chi connectivity index (χ2n) is 4.00. The highest BCUT2D eigenvalue weighted by Gasteiger charge is 2.13. The summed E-state index contributed by atoms with van der Waals surface area (Å²) in [5.74, 6) is 1.12. The van der Waals surface area contributed by atoms with E-state index in [0.717, 1.165) is 6.54 Å². The van der Waals surface area contributed by atoms with Crippen molar-refractivity contribution in [3.8, 4) is 0 Å². The van der Waals surface area contributed by atoms with Gasteiger partial charge in [0.15, 0.2) is 0 Å². The van der Waals surface area contributed by atoms with Gasteiger partial charge in [0.2, 0.25) is 0 Å². The van der Waals surface area contributed by atoms with Gasteiger partial charge in [0.1, 0.15) is 0 Å². The normalized spacial score (nSPS) is 13.3. The molecule has 0 saturated carbocycles. The van der Waals surface area contributed by atoms with Crippen LogP contribution in [0.5, 0.6) is 0 Å². The molecule has 13 heavy (non-hydrogen) atoms. The first-order valence-corrected chi connectivity index (χ1v) is 4.91. The van der Waals surface area contributed by atoms with Gasteiger partial charge in [0, 0.05) is 0 Å². The largest absolute Gasteiger partial charge is 0.330 e. The average Bonchev–Trinajstić information content (AvgIpc) is 2.04. The van der Waals surface area contributed by atoms with Crippen LogP contribution in [-0.2, 0) is 0 Å². The fraction of sp³-hybridized carbons (Fsp3) is 0.500. The Morgan fingerprint density at radius 3 is 2.46 bits per heavy atom. The van der Waals surface area contributed by atoms with E-state index in [1.807, 2.05) is 0 Å². The summed E-state index contributed by atoms with van der Waals surface area (Å²) in [5.41, 5.74) is 8.44. The van der Waals surface area contributed by atoms with E-state index in [4.69, 9.17) is 5.73 Å². The molecule has 1 unspecified atom stereocenters. The lowest BCUT2D eigenvalue weighted by Gasteiger charge is -2.19. The number of hydrogen-bond acceptors (Lipinski definition) is 1. The third-order valence-electron chi connectivity index (χ3n) is 2.53. The topological polar surface area (TPSA) is 26.0 Å². The maximum Gasteiger partial charge on any atom is -0.000577 e. The van der Waals surface area contributed by atoms with Crippen LogP contribution in [-0.4, -0.2) is 6.54 Å². The summed E-state index contributed by atoms with van der Waals surface area (Å²) in [5, 5.41) is 0. The molecule has 0 heterocycles. The van der Waals surface area contributed by atoms with Crippen LogP contribution in [0.25, 0.3) is 0 Å². The Kier molecular flexibility index (Phi) is 3.49. The summed E-state index contributed by atoms with van der Waals surface area (Å²) in [7, 11) is 0. The molecule has 1 aromatic rings. The van der Waals surface area contributed by atoms with E-state index in [-0.39, 0.29) is 0 Å². The van der Waals surface area contributed by atoms with Gasteiger partial charge >= 0.3 is 0 Å². The van der Waals surface area contributed by atoms with E-state index in [0.29, 0.717) is 11.8 Å². The molecule has 1 aromatic carbocycles. The number of benzene rings is 1. The van der Waals surface area contributed by atoms with E-state index >= 15 is 0 Å². The second kappa shape index (κ2) is 4.43. The fourth-order valence-electron chi connectivity index (χ4n) is 1.69. The minimum atomic E-state index is 0.500. The summed E-state index contributed by atoms with van der Waals surface area (Å²) in [6.45, 7) is 7.30. The van der Waals surface area contributed by atoms with Gasteiger partial charge in [-0.3, -0.25) is 0 Å². The minimum absolute atomic E-state index is 0.500.